The Kier molecular flexibility index (Phi) is 9.51. The Bertz CT molecular complexity index is 1510. The van der Waals surface area contributed by atoms with Crippen molar-refractivity contribution in [2.24, 2.45) is 0 Å². The van der Waals surface area contributed by atoms with E-state index in [9.17, 15) is 0 Å². The van der Waals surface area contributed by atoms with Gasteiger partial charge in [0.1, 0.15) is 0 Å². The zero-order chi connectivity index (χ0) is 27.3. The van der Waals surface area contributed by atoms with E-state index in [0.29, 0.717) is 29.0 Å². The third-order valence-electron chi connectivity index (χ3n) is 9.04. The van der Waals surface area contributed by atoms with Gasteiger partial charge in [-0.3, -0.25) is 0 Å². The van der Waals surface area contributed by atoms with Crippen LogP contribution in [0.4, 0.5) is 0 Å². The van der Waals surface area contributed by atoms with Crippen molar-refractivity contribution in [1.82, 2.24) is 0 Å². The average molecular weight is 659 g/mol. The van der Waals surface area contributed by atoms with Gasteiger partial charge in [-0.1, -0.05) is 0 Å². The van der Waals surface area contributed by atoms with Crippen LogP contribution in [0, 0.1) is 0 Å². The minimum atomic E-state index is 0.447. The molecule has 0 unspecified atom stereocenters. The van der Waals surface area contributed by atoms with Gasteiger partial charge in [0, 0.05) is 0 Å². The van der Waals surface area contributed by atoms with Crippen molar-refractivity contribution >= 4 is 61.3 Å². The average Bonchev–Trinajstić information content (AvgIpc) is 3.49. The van der Waals surface area contributed by atoms with Crippen molar-refractivity contribution in [2.75, 3.05) is 0 Å². The number of aryl methyl sites for hydroxylation is 2. The molecule has 0 amide bonds. The predicted octanol–water partition coefficient (Wildman–Crippen LogP) is 11.3. The van der Waals surface area contributed by atoms with Gasteiger partial charge in [-0.2, -0.15) is 0 Å². The summed E-state index contributed by atoms with van der Waals surface area (Å²) >= 11 is 0.894. The van der Waals surface area contributed by atoms with Crippen molar-refractivity contribution in [3.05, 3.63) is 69.5 Å². The van der Waals surface area contributed by atoms with Crippen LogP contribution in [-0.2, 0) is 12.8 Å². The van der Waals surface area contributed by atoms with Crippen LogP contribution in [0.1, 0.15) is 102 Å². The maximum absolute atomic E-state index is 2.49. The first-order valence-corrected chi connectivity index (χ1v) is 19.7. The van der Waals surface area contributed by atoms with Crippen LogP contribution in [0.25, 0.3) is 52.3 Å². The van der Waals surface area contributed by atoms with Gasteiger partial charge >= 0.3 is 255 Å². The quantitative estimate of drug-likeness (QED) is 0.0807. The van der Waals surface area contributed by atoms with Crippen LogP contribution in [-0.4, -0.2) is 29.0 Å². The van der Waals surface area contributed by atoms with Crippen molar-refractivity contribution in [2.45, 2.75) is 104 Å². The molecule has 0 aromatic heterocycles. The molecule has 2 aromatic rings. The topological polar surface area (TPSA) is 0 Å². The van der Waals surface area contributed by atoms with Crippen molar-refractivity contribution in [3.8, 4) is 20.0 Å². The third kappa shape index (κ3) is 5.51. The van der Waals surface area contributed by atoms with Gasteiger partial charge in [-0.15, -0.1) is 0 Å². The van der Waals surface area contributed by atoms with E-state index in [1.165, 1.54) is 123 Å². The molecule has 0 radical (unpaired) electrons. The third-order valence-corrected chi connectivity index (χ3v) is 13.2. The first kappa shape index (κ1) is 28.3. The molecule has 2 heteroatoms. The second kappa shape index (κ2) is 13.4. The van der Waals surface area contributed by atoms with Gasteiger partial charge in [0.2, 0.25) is 0 Å². The molecule has 2 aromatic carbocycles. The molecule has 0 nitrogen and oxygen atoms in total. The molecule has 6 rings (SSSR count). The summed E-state index contributed by atoms with van der Waals surface area (Å²) in [6, 6.07) is 19.4. The van der Waals surface area contributed by atoms with E-state index < -0.39 is 0 Å². The molecule has 0 atom stereocenters. The number of hydrogen-bond acceptors (Lipinski definition) is 0. The summed E-state index contributed by atoms with van der Waals surface area (Å²) in [5.74, 6) is 0. The molecule has 0 fully saturated rings. The molecular formula is C38H44Se2. The number of rotatable bonds is 14. The zero-order valence-electron chi connectivity index (χ0n) is 24.5. The fourth-order valence-corrected chi connectivity index (χ4v) is 11.0. The molecular weight excluding hydrogens is 614 g/mol. The monoisotopic (exact) mass is 660 g/mol. The van der Waals surface area contributed by atoms with Crippen LogP contribution in [0.5, 0.6) is 0 Å². The second-order valence-electron chi connectivity index (χ2n) is 11.8. The molecule has 0 saturated carbocycles. The fraction of sp³-hybridized carbons (Fsp3) is 0.421. The Morgan fingerprint density at radius 2 is 0.850 bits per heavy atom. The molecule has 40 heavy (non-hydrogen) atoms. The summed E-state index contributed by atoms with van der Waals surface area (Å²) in [6.45, 7) is 4.63. The van der Waals surface area contributed by atoms with Crippen LogP contribution < -0.4 is 0 Å². The summed E-state index contributed by atoms with van der Waals surface area (Å²) in [5, 5.41) is 9.18. The summed E-state index contributed by atoms with van der Waals surface area (Å²) in [5.41, 5.74) is 6.40. The fourth-order valence-electron chi connectivity index (χ4n) is 7.03. The molecule has 0 bridgehead atoms. The molecule has 2 aliphatic carbocycles. The molecule has 2 heterocycles. The first-order valence-electron chi connectivity index (χ1n) is 16.0. The van der Waals surface area contributed by atoms with E-state index in [0.717, 1.165) is 0 Å². The standard InChI is InChI=1S/C38H44Se2/c1-3-5-7-9-11-13-17-33-35-27-21-24-30-32-20-16-26-40-38(32)34(18-14-12-10-8-6-4-2)36(30)28(27)22-23-29(35)31-19-15-25-39-37(31)33/h15-16,19-26H,3-14,17-18H2,1-2H3. The van der Waals surface area contributed by atoms with Gasteiger partial charge in [0.25, 0.3) is 0 Å². The minimum absolute atomic E-state index is 0.447. The Morgan fingerprint density at radius 3 is 1.30 bits per heavy atom. The van der Waals surface area contributed by atoms with E-state index in [4.69, 9.17) is 0 Å². The molecule has 0 N–H and O–H groups in total. The second-order valence-corrected chi connectivity index (χ2v) is 15.6. The van der Waals surface area contributed by atoms with Crippen molar-refractivity contribution in [3.63, 3.8) is 0 Å². The van der Waals surface area contributed by atoms with Gasteiger partial charge in [0.05, 0.1) is 0 Å². The normalized spacial score (nSPS) is 12.2. The van der Waals surface area contributed by atoms with Gasteiger partial charge in [0.15, 0.2) is 0 Å². The number of benzene rings is 2. The number of unbranched alkanes of at least 4 members (excludes halogenated alkanes) is 10. The number of hydrogen-bond donors (Lipinski definition) is 0. The van der Waals surface area contributed by atoms with Crippen molar-refractivity contribution in [1.29, 1.82) is 0 Å². The van der Waals surface area contributed by atoms with Gasteiger partial charge in [-0.25, -0.2) is 0 Å². The van der Waals surface area contributed by atoms with E-state index in [-0.39, 0.29) is 0 Å². The first-order chi connectivity index (χ1) is 19.8. The molecule has 0 saturated heterocycles. The SMILES string of the molecule is CCCCCCCCc1c2[se]cccc-2c2ccc3c(ccc4c5ccc[se]c-5c(CCCCCCCC)c43)c12. The van der Waals surface area contributed by atoms with Gasteiger partial charge in [-0.05, 0) is 0 Å². The van der Waals surface area contributed by atoms with Crippen LogP contribution in [0.15, 0.2) is 58.4 Å². The summed E-state index contributed by atoms with van der Waals surface area (Å²) in [6.07, 6.45) is 18.9. The van der Waals surface area contributed by atoms with Gasteiger partial charge < -0.3 is 0 Å². The van der Waals surface area contributed by atoms with E-state index in [2.05, 4.69) is 72.3 Å². The molecule has 4 aliphatic rings. The molecule has 0 spiro atoms. The summed E-state index contributed by atoms with van der Waals surface area (Å²) in [4.78, 5) is 4.85. The van der Waals surface area contributed by atoms with E-state index in [1.54, 1.807) is 30.8 Å². The van der Waals surface area contributed by atoms with Crippen molar-refractivity contribution < 1.29 is 0 Å². The van der Waals surface area contributed by atoms with Crippen LogP contribution >= 0.6 is 0 Å². The Balaban J connectivity index is 1.46. The van der Waals surface area contributed by atoms with E-state index in [1.807, 2.05) is 0 Å². The summed E-state index contributed by atoms with van der Waals surface area (Å²) < 4.78 is 3.34. The van der Waals surface area contributed by atoms with Crippen LogP contribution in [0.2, 0.25) is 0 Å². The molecule has 2 aliphatic heterocycles. The number of fused-ring (bicyclic) bond motifs is 9. The van der Waals surface area contributed by atoms with Crippen LogP contribution in [0.3, 0.4) is 0 Å². The Hall–Kier alpha value is -1.82. The maximum atomic E-state index is 2.49. The Morgan fingerprint density at radius 1 is 0.450 bits per heavy atom. The van der Waals surface area contributed by atoms with E-state index >= 15 is 0 Å². The molecule has 208 valence electrons. The zero-order valence-corrected chi connectivity index (χ0v) is 27.9. The Labute approximate surface area is 253 Å². The summed E-state index contributed by atoms with van der Waals surface area (Å²) in [7, 11) is 0. The predicted molar refractivity (Wildman–Crippen MR) is 180 cm³/mol.